The number of carbonyl (C=O) groups is 2. The van der Waals surface area contributed by atoms with E-state index in [0.717, 1.165) is 4.57 Å². The van der Waals surface area contributed by atoms with E-state index in [1.54, 1.807) is 0 Å². The predicted octanol–water partition coefficient (Wildman–Crippen LogP) is 1.36. The third-order valence-electron chi connectivity index (χ3n) is 4.37. The van der Waals surface area contributed by atoms with Crippen molar-refractivity contribution in [3.05, 3.63) is 51.4 Å². The van der Waals surface area contributed by atoms with E-state index in [1.807, 2.05) is 0 Å². The number of phenolic OH excluding ortho intramolecular Hbond substituents is 1. The van der Waals surface area contributed by atoms with Gasteiger partial charge >= 0.3 is 11.9 Å². The van der Waals surface area contributed by atoms with Crippen LogP contribution in [0.1, 0.15) is 29.2 Å². The SMILES string of the molecule is COC(=O)C[C@@H](c1ccc(O)c(OC)c1)c1c(O)cc(C)n(CC(=O)O)c1=O. The van der Waals surface area contributed by atoms with Gasteiger partial charge in [-0.15, -0.1) is 0 Å². The molecule has 0 saturated heterocycles. The number of phenols is 1. The molecule has 1 aromatic heterocycles. The molecule has 0 radical (unpaired) electrons. The van der Waals surface area contributed by atoms with E-state index in [2.05, 4.69) is 0 Å². The molecule has 9 nitrogen and oxygen atoms in total. The molecule has 0 aliphatic rings. The van der Waals surface area contributed by atoms with Crippen molar-refractivity contribution in [2.75, 3.05) is 14.2 Å². The number of aliphatic carboxylic acids is 1. The van der Waals surface area contributed by atoms with E-state index in [9.17, 15) is 24.6 Å². The van der Waals surface area contributed by atoms with Crippen LogP contribution < -0.4 is 10.3 Å². The van der Waals surface area contributed by atoms with Gasteiger partial charge in [0, 0.05) is 11.6 Å². The Morgan fingerprint density at radius 2 is 1.82 bits per heavy atom. The molecule has 0 aliphatic heterocycles. The van der Waals surface area contributed by atoms with Gasteiger partial charge in [-0.25, -0.2) is 0 Å². The molecule has 0 saturated carbocycles. The van der Waals surface area contributed by atoms with Crippen molar-refractivity contribution in [2.24, 2.45) is 0 Å². The molecule has 0 aliphatic carbocycles. The van der Waals surface area contributed by atoms with Crippen molar-refractivity contribution in [3.63, 3.8) is 0 Å². The summed E-state index contributed by atoms with van der Waals surface area (Å²) in [6.45, 7) is 0.897. The van der Waals surface area contributed by atoms with Gasteiger partial charge in [-0.05, 0) is 30.7 Å². The van der Waals surface area contributed by atoms with E-state index in [0.29, 0.717) is 5.56 Å². The topological polar surface area (TPSA) is 135 Å². The summed E-state index contributed by atoms with van der Waals surface area (Å²) in [5.41, 5.74) is -0.224. The van der Waals surface area contributed by atoms with Gasteiger partial charge in [-0.1, -0.05) is 6.07 Å². The molecule has 2 rings (SSSR count). The van der Waals surface area contributed by atoms with Gasteiger partial charge in [0.2, 0.25) is 0 Å². The van der Waals surface area contributed by atoms with Crippen molar-refractivity contribution < 1.29 is 34.4 Å². The maximum atomic E-state index is 13.0. The summed E-state index contributed by atoms with van der Waals surface area (Å²) >= 11 is 0. The Balaban J connectivity index is 2.73. The van der Waals surface area contributed by atoms with Crippen LogP contribution in [0.5, 0.6) is 17.2 Å². The Morgan fingerprint density at radius 1 is 1.14 bits per heavy atom. The number of aryl methyl sites for hydroxylation is 1. The van der Waals surface area contributed by atoms with Crippen LogP contribution in [0.15, 0.2) is 29.1 Å². The van der Waals surface area contributed by atoms with Gasteiger partial charge in [-0.3, -0.25) is 14.4 Å². The summed E-state index contributed by atoms with van der Waals surface area (Å²) in [6.07, 6.45) is -0.288. The maximum absolute atomic E-state index is 13.0. The Labute approximate surface area is 160 Å². The molecule has 0 bridgehead atoms. The first-order valence-corrected chi connectivity index (χ1v) is 8.28. The number of ether oxygens (including phenoxy) is 2. The molecule has 1 atom stereocenters. The predicted molar refractivity (Wildman–Crippen MR) is 97.9 cm³/mol. The largest absolute Gasteiger partial charge is 0.507 e. The zero-order valence-corrected chi connectivity index (χ0v) is 15.6. The standard InChI is InChI=1S/C19H21NO8/c1-10-6-14(22)18(19(26)20(10)9-16(23)24)12(8-17(25)28-3)11-4-5-13(21)15(7-11)27-2/h4-7,12,21-22H,8-9H2,1-3H3,(H,23,24)/t12-/m0/s1. The van der Waals surface area contributed by atoms with Crippen LogP contribution in [-0.4, -0.2) is 46.0 Å². The van der Waals surface area contributed by atoms with Crippen molar-refractivity contribution in [1.29, 1.82) is 0 Å². The first-order chi connectivity index (χ1) is 13.2. The number of methoxy groups -OCH3 is 2. The van der Waals surface area contributed by atoms with Crippen LogP contribution in [0.2, 0.25) is 0 Å². The maximum Gasteiger partial charge on any atom is 0.323 e. The third-order valence-corrected chi connectivity index (χ3v) is 4.37. The summed E-state index contributed by atoms with van der Waals surface area (Å²) in [5, 5.41) is 29.3. The first kappa shape index (κ1) is 20.8. The molecule has 1 aromatic carbocycles. The number of hydrogen-bond donors (Lipinski definition) is 3. The monoisotopic (exact) mass is 391 g/mol. The van der Waals surface area contributed by atoms with E-state index in [4.69, 9.17) is 14.6 Å². The molecular weight excluding hydrogens is 370 g/mol. The van der Waals surface area contributed by atoms with Gasteiger partial charge in [0.25, 0.3) is 5.56 Å². The number of carbonyl (C=O) groups excluding carboxylic acids is 1. The highest BCUT2D eigenvalue weighted by atomic mass is 16.5. The number of pyridine rings is 1. The van der Waals surface area contributed by atoms with Crippen LogP contribution >= 0.6 is 0 Å². The van der Waals surface area contributed by atoms with E-state index >= 15 is 0 Å². The molecule has 1 heterocycles. The Kier molecular flexibility index (Phi) is 6.29. The van der Waals surface area contributed by atoms with Crippen molar-refractivity contribution in [1.82, 2.24) is 4.57 Å². The fraction of sp³-hybridized carbons (Fsp3) is 0.316. The highest BCUT2D eigenvalue weighted by Gasteiger charge is 2.27. The smallest absolute Gasteiger partial charge is 0.323 e. The number of rotatable bonds is 7. The average molecular weight is 391 g/mol. The highest BCUT2D eigenvalue weighted by Crippen LogP contribution is 2.36. The molecule has 0 unspecified atom stereocenters. The number of esters is 1. The van der Waals surface area contributed by atoms with E-state index in [1.165, 1.54) is 45.4 Å². The first-order valence-electron chi connectivity index (χ1n) is 8.28. The minimum atomic E-state index is -1.22. The number of aromatic nitrogens is 1. The summed E-state index contributed by atoms with van der Waals surface area (Å²) in [4.78, 5) is 36.0. The second kappa shape index (κ2) is 8.47. The van der Waals surface area contributed by atoms with Crippen molar-refractivity contribution in [3.8, 4) is 17.2 Å². The number of benzene rings is 1. The lowest BCUT2D eigenvalue weighted by molar-refractivity contribution is -0.141. The van der Waals surface area contributed by atoms with Crippen LogP contribution in [0, 0.1) is 6.92 Å². The Morgan fingerprint density at radius 3 is 2.39 bits per heavy atom. The lowest BCUT2D eigenvalue weighted by Gasteiger charge is -2.20. The molecule has 3 N–H and O–H groups in total. The molecule has 2 aromatic rings. The fourth-order valence-electron chi connectivity index (χ4n) is 2.98. The van der Waals surface area contributed by atoms with E-state index in [-0.39, 0.29) is 34.9 Å². The van der Waals surface area contributed by atoms with Gasteiger partial charge in [0.05, 0.1) is 26.2 Å². The highest BCUT2D eigenvalue weighted by molar-refractivity contribution is 5.72. The minimum Gasteiger partial charge on any atom is -0.507 e. The number of nitrogens with zero attached hydrogens (tertiary/aromatic N) is 1. The van der Waals surface area contributed by atoms with Crippen molar-refractivity contribution in [2.45, 2.75) is 25.8 Å². The van der Waals surface area contributed by atoms with E-state index < -0.39 is 30.0 Å². The van der Waals surface area contributed by atoms with Gasteiger partial charge < -0.3 is 29.4 Å². The molecule has 150 valence electrons. The average Bonchev–Trinajstić information content (AvgIpc) is 2.64. The minimum absolute atomic E-state index is 0.116. The summed E-state index contributed by atoms with van der Waals surface area (Å²) in [5.74, 6) is -3.21. The number of carboxylic acid groups (broad SMARTS) is 1. The zero-order valence-electron chi connectivity index (χ0n) is 15.6. The Hall–Kier alpha value is -3.49. The normalized spacial score (nSPS) is 11.7. The van der Waals surface area contributed by atoms with Crippen LogP contribution in [-0.2, 0) is 20.9 Å². The molecule has 28 heavy (non-hydrogen) atoms. The molecular formula is C19H21NO8. The molecule has 0 spiro atoms. The molecule has 9 heteroatoms. The summed E-state index contributed by atoms with van der Waals surface area (Å²) < 4.78 is 10.8. The Bertz CT molecular complexity index is 963. The lowest BCUT2D eigenvalue weighted by Crippen LogP contribution is -2.30. The molecule has 0 fully saturated rings. The number of hydrogen-bond acceptors (Lipinski definition) is 7. The van der Waals surface area contributed by atoms with Gasteiger partial charge in [-0.2, -0.15) is 0 Å². The third kappa shape index (κ3) is 4.25. The fourth-order valence-corrected chi connectivity index (χ4v) is 2.98. The number of aromatic hydroxyl groups is 2. The van der Waals surface area contributed by atoms with Gasteiger partial charge in [0.1, 0.15) is 12.3 Å². The summed E-state index contributed by atoms with van der Waals surface area (Å²) in [7, 11) is 2.53. The second-order valence-electron chi connectivity index (χ2n) is 6.13. The lowest BCUT2D eigenvalue weighted by atomic mass is 9.88. The van der Waals surface area contributed by atoms with Crippen molar-refractivity contribution >= 4 is 11.9 Å². The zero-order chi connectivity index (χ0) is 21.0. The molecule has 0 amide bonds. The van der Waals surface area contributed by atoms with Gasteiger partial charge in [0.15, 0.2) is 11.5 Å². The van der Waals surface area contributed by atoms with Crippen LogP contribution in [0.25, 0.3) is 0 Å². The van der Waals surface area contributed by atoms with Crippen LogP contribution in [0.3, 0.4) is 0 Å². The number of carboxylic acids is 1. The quantitative estimate of drug-likeness (QED) is 0.602. The van der Waals surface area contributed by atoms with Crippen LogP contribution in [0.4, 0.5) is 0 Å². The second-order valence-corrected chi connectivity index (χ2v) is 6.13. The summed E-state index contributed by atoms with van der Waals surface area (Å²) in [6, 6.07) is 5.51.